The maximum absolute atomic E-state index is 13.7. The molecule has 0 bridgehead atoms. The molecule has 0 saturated carbocycles. The Balaban J connectivity index is 1.68. The molecular formula is C31H43N4O9PS. The molecule has 2 atom stereocenters. The number of methoxy groups -OCH3 is 1. The lowest BCUT2D eigenvalue weighted by atomic mass is 10.0. The number of fused-ring (bicyclic) bond motifs is 1. The van der Waals surface area contributed by atoms with E-state index in [1.807, 2.05) is 56.3 Å². The Morgan fingerprint density at radius 2 is 1.67 bits per heavy atom. The molecular weight excluding hydrogens is 635 g/mol. The van der Waals surface area contributed by atoms with Crippen molar-refractivity contribution in [2.45, 2.75) is 56.5 Å². The molecule has 252 valence electrons. The van der Waals surface area contributed by atoms with E-state index < -0.39 is 48.5 Å². The van der Waals surface area contributed by atoms with E-state index in [1.165, 1.54) is 35.7 Å². The number of alkyl carbamates (subject to hydrolysis) is 1. The van der Waals surface area contributed by atoms with E-state index in [0.29, 0.717) is 18.5 Å². The zero-order chi connectivity index (χ0) is 33.9. The van der Waals surface area contributed by atoms with E-state index >= 15 is 0 Å². The largest absolute Gasteiger partial charge is 0.469 e. The summed E-state index contributed by atoms with van der Waals surface area (Å²) in [4.78, 5) is 43.9. The monoisotopic (exact) mass is 678 g/mol. The summed E-state index contributed by atoms with van der Waals surface area (Å²) in [7, 11) is -7.76. The number of sulfonamides is 1. The van der Waals surface area contributed by atoms with Crippen molar-refractivity contribution in [3.05, 3.63) is 72.3 Å². The molecule has 2 amide bonds. The van der Waals surface area contributed by atoms with Gasteiger partial charge in [0.15, 0.2) is 0 Å². The highest BCUT2D eigenvalue weighted by Crippen LogP contribution is 2.37. The molecule has 0 aliphatic heterocycles. The first-order chi connectivity index (χ1) is 21.7. The second-order valence-electron chi connectivity index (χ2n) is 11.3. The van der Waals surface area contributed by atoms with Crippen molar-refractivity contribution in [1.82, 2.24) is 14.9 Å². The molecule has 0 aliphatic carbocycles. The van der Waals surface area contributed by atoms with Gasteiger partial charge in [-0.3, -0.25) is 9.32 Å². The number of unbranched alkanes of at least 4 members (excludes halogenated alkanes) is 1. The summed E-state index contributed by atoms with van der Waals surface area (Å²) < 4.78 is 49.6. The average Bonchev–Trinajstić information content (AvgIpc) is 3.00. The van der Waals surface area contributed by atoms with Gasteiger partial charge >= 0.3 is 13.9 Å². The number of rotatable bonds is 17. The van der Waals surface area contributed by atoms with Gasteiger partial charge in [-0.25, -0.2) is 17.8 Å². The van der Waals surface area contributed by atoms with Crippen molar-refractivity contribution in [3.8, 4) is 0 Å². The van der Waals surface area contributed by atoms with E-state index in [4.69, 9.17) is 15.0 Å². The first-order valence-corrected chi connectivity index (χ1v) is 17.8. The van der Waals surface area contributed by atoms with Crippen LogP contribution in [0.2, 0.25) is 0 Å². The van der Waals surface area contributed by atoms with Gasteiger partial charge in [0.05, 0.1) is 18.6 Å². The molecule has 6 N–H and O–H groups in total. The number of nitrogen functional groups attached to an aromatic ring is 1. The van der Waals surface area contributed by atoms with Crippen LogP contribution < -0.4 is 16.4 Å². The number of carbonyl (C=O) groups is 2. The van der Waals surface area contributed by atoms with Gasteiger partial charge < -0.3 is 30.9 Å². The van der Waals surface area contributed by atoms with Crippen LogP contribution in [0.5, 0.6) is 0 Å². The van der Waals surface area contributed by atoms with Crippen molar-refractivity contribution in [1.29, 1.82) is 0 Å². The van der Waals surface area contributed by atoms with Gasteiger partial charge in [0.1, 0.15) is 6.04 Å². The number of anilines is 1. The third-order valence-electron chi connectivity index (χ3n) is 7.19. The molecule has 3 aromatic carbocycles. The molecule has 2 unspecified atom stereocenters. The third kappa shape index (κ3) is 11.4. The van der Waals surface area contributed by atoms with Gasteiger partial charge in [0.25, 0.3) is 0 Å². The van der Waals surface area contributed by atoms with Crippen molar-refractivity contribution in [2.75, 3.05) is 32.5 Å². The molecule has 3 aromatic rings. The maximum atomic E-state index is 13.7. The number of ether oxygens (including phenoxy) is 1. The Hall–Kier alpha value is -3.52. The van der Waals surface area contributed by atoms with E-state index in [0.717, 1.165) is 16.3 Å². The molecule has 0 aromatic heterocycles. The molecule has 0 aliphatic rings. The minimum Gasteiger partial charge on any atom is -0.453 e. The number of phosphoric ester groups is 1. The highest BCUT2D eigenvalue weighted by molar-refractivity contribution is 7.89. The molecule has 0 saturated heterocycles. The summed E-state index contributed by atoms with van der Waals surface area (Å²) in [5, 5.41) is 7.44. The summed E-state index contributed by atoms with van der Waals surface area (Å²) in [6.07, 6.45) is 0.470. The molecule has 0 fully saturated rings. The number of carbonyl (C=O) groups excluding carboxylic acids is 2. The zero-order valence-electron chi connectivity index (χ0n) is 26.2. The number of hydrogen-bond donors (Lipinski definition) is 5. The first-order valence-electron chi connectivity index (χ1n) is 14.9. The van der Waals surface area contributed by atoms with Gasteiger partial charge in [0, 0.05) is 31.2 Å². The summed E-state index contributed by atoms with van der Waals surface area (Å²) in [6, 6.07) is 17.5. The summed E-state index contributed by atoms with van der Waals surface area (Å²) in [5.74, 6) is -0.533. The highest BCUT2D eigenvalue weighted by Gasteiger charge is 2.33. The maximum Gasteiger partial charge on any atom is 0.469 e. The number of hydrogen-bond acceptors (Lipinski definition) is 8. The molecule has 0 heterocycles. The lowest BCUT2D eigenvalue weighted by molar-refractivity contribution is -0.123. The van der Waals surface area contributed by atoms with Crippen LogP contribution in [0.25, 0.3) is 10.8 Å². The molecule has 15 heteroatoms. The van der Waals surface area contributed by atoms with Crippen molar-refractivity contribution in [2.24, 2.45) is 5.92 Å². The molecule has 0 radical (unpaired) electrons. The van der Waals surface area contributed by atoms with Crippen LogP contribution in [0.1, 0.15) is 38.7 Å². The predicted molar refractivity (Wildman–Crippen MR) is 175 cm³/mol. The number of nitrogens with zero attached hydrogens (tertiary/aromatic N) is 1. The van der Waals surface area contributed by atoms with Crippen LogP contribution in [0.4, 0.5) is 10.5 Å². The summed E-state index contributed by atoms with van der Waals surface area (Å²) in [6.45, 7) is 3.41. The average molecular weight is 679 g/mol. The van der Waals surface area contributed by atoms with Gasteiger partial charge in [-0.2, -0.15) is 4.31 Å². The Labute approximate surface area is 269 Å². The van der Waals surface area contributed by atoms with E-state index in [9.17, 15) is 32.4 Å². The first kappa shape index (κ1) is 36.9. The third-order valence-corrected chi connectivity index (χ3v) is 9.60. The lowest BCUT2D eigenvalue weighted by Gasteiger charge is -2.32. The Kier molecular flexibility index (Phi) is 13.5. The predicted octanol–water partition coefficient (Wildman–Crippen LogP) is 3.80. The zero-order valence-corrected chi connectivity index (χ0v) is 27.9. The van der Waals surface area contributed by atoms with Gasteiger partial charge in [-0.15, -0.1) is 0 Å². The molecule has 0 spiro atoms. The molecule has 46 heavy (non-hydrogen) atoms. The smallest absolute Gasteiger partial charge is 0.453 e. The number of benzene rings is 3. The summed E-state index contributed by atoms with van der Waals surface area (Å²) in [5.41, 5.74) is 6.96. The number of nitrogens with two attached hydrogens (primary N) is 1. The topological polar surface area (TPSA) is 198 Å². The molecule has 3 rings (SSSR count). The van der Waals surface area contributed by atoms with Gasteiger partial charge in [-0.05, 0) is 59.4 Å². The van der Waals surface area contributed by atoms with Crippen LogP contribution in [0, 0.1) is 5.92 Å². The fraction of sp³-hybridized carbons (Fsp3) is 0.419. The van der Waals surface area contributed by atoms with Crippen LogP contribution in [-0.4, -0.2) is 73.4 Å². The van der Waals surface area contributed by atoms with Crippen LogP contribution in [0.3, 0.4) is 0 Å². The number of phosphoric acid groups is 1. The van der Waals surface area contributed by atoms with Crippen LogP contribution in [-0.2, 0) is 35.1 Å². The van der Waals surface area contributed by atoms with Crippen LogP contribution >= 0.6 is 7.82 Å². The fourth-order valence-electron chi connectivity index (χ4n) is 4.92. The Bertz CT molecular complexity index is 1610. The standard InChI is InChI=1S/C31H43N4O9PS/c1-22(2)20-35(46(41,42)28-15-13-26(32)14-16-28)27(21-44-45(38,39)40)10-6-7-17-33-30(36)29(34-31(37)43-3)19-23-11-12-24-8-4-5-9-25(24)18-23/h4-5,8-9,11-16,18,22,27,29H,6-7,10,17,19-21,32H2,1-3H3,(H,33,36)(H,34,37)(H2,38,39,40). The van der Waals surface area contributed by atoms with Crippen molar-refractivity contribution < 1.29 is 41.6 Å². The SMILES string of the molecule is COC(=O)NC(Cc1ccc2ccccc2c1)C(=O)NCCCCC(COP(=O)(O)O)N(CC(C)C)S(=O)(=O)c1ccc(N)cc1. The van der Waals surface area contributed by atoms with Gasteiger partial charge in [-0.1, -0.05) is 62.7 Å². The quantitative estimate of drug-likeness (QED) is 0.0795. The summed E-state index contributed by atoms with van der Waals surface area (Å²) >= 11 is 0. The van der Waals surface area contributed by atoms with Crippen LogP contribution in [0.15, 0.2) is 71.6 Å². The van der Waals surface area contributed by atoms with Crippen molar-refractivity contribution in [3.63, 3.8) is 0 Å². The number of nitrogens with one attached hydrogen (secondary N) is 2. The van der Waals surface area contributed by atoms with E-state index in [2.05, 4.69) is 10.6 Å². The van der Waals surface area contributed by atoms with Crippen molar-refractivity contribution >= 4 is 46.3 Å². The van der Waals surface area contributed by atoms with E-state index in [-0.39, 0.29) is 36.7 Å². The Morgan fingerprint density at radius 3 is 2.30 bits per heavy atom. The van der Waals surface area contributed by atoms with E-state index in [1.54, 1.807) is 0 Å². The minimum atomic E-state index is -4.89. The molecule has 13 nitrogen and oxygen atoms in total. The second kappa shape index (κ2) is 16.9. The fourth-order valence-corrected chi connectivity index (χ4v) is 7.09. The Morgan fingerprint density at radius 1 is 1.00 bits per heavy atom. The lowest BCUT2D eigenvalue weighted by Crippen LogP contribution is -2.48. The normalized spacial score (nSPS) is 13.5. The number of amides is 2. The van der Waals surface area contributed by atoms with Gasteiger partial charge in [0.2, 0.25) is 15.9 Å². The second-order valence-corrected chi connectivity index (χ2v) is 14.5. The highest BCUT2D eigenvalue weighted by atomic mass is 32.2. The minimum absolute atomic E-state index is 0.00801.